The van der Waals surface area contributed by atoms with Crippen molar-refractivity contribution >= 4 is 5.69 Å². The van der Waals surface area contributed by atoms with Crippen LogP contribution in [0.3, 0.4) is 0 Å². The highest BCUT2D eigenvalue weighted by atomic mass is 19.1. The van der Waals surface area contributed by atoms with Gasteiger partial charge < -0.3 is 10.1 Å². The van der Waals surface area contributed by atoms with E-state index in [-0.39, 0.29) is 23.0 Å². The van der Waals surface area contributed by atoms with E-state index in [1.807, 2.05) is 20.8 Å². The Kier molecular flexibility index (Phi) is 3.94. The summed E-state index contributed by atoms with van der Waals surface area (Å²) in [6, 6.07) is 3.59. The molecule has 6 heteroatoms. The molecule has 1 aliphatic carbocycles. The van der Waals surface area contributed by atoms with Crippen molar-refractivity contribution in [2.75, 3.05) is 6.54 Å². The van der Waals surface area contributed by atoms with Crippen molar-refractivity contribution in [2.24, 2.45) is 5.41 Å². The Labute approximate surface area is 117 Å². The van der Waals surface area contributed by atoms with Gasteiger partial charge in [-0.25, -0.2) is 4.39 Å². The zero-order chi connectivity index (χ0) is 14.9. The van der Waals surface area contributed by atoms with Gasteiger partial charge in [0.2, 0.25) is 0 Å². The van der Waals surface area contributed by atoms with Crippen LogP contribution in [0.2, 0.25) is 0 Å². The van der Waals surface area contributed by atoms with Gasteiger partial charge in [0.25, 0.3) is 0 Å². The Morgan fingerprint density at radius 3 is 2.80 bits per heavy atom. The third kappa shape index (κ3) is 2.60. The zero-order valence-corrected chi connectivity index (χ0v) is 11.9. The van der Waals surface area contributed by atoms with Crippen LogP contribution in [0.4, 0.5) is 10.1 Å². The Morgan fingerprint density at radius 2 is 2.25 bits per heavy atom. The van der Waals surface area contributed by atoms with Crippen LogP contribution in [-0.4, -0.2) is 23.6 Å². The highest BCUT2D eigenvalue weighted by molar-refractivity contribution is 5.46. The highest BCUT2D eigenvalue weighted by Gasteiger charge is 2.50. The molecule has 110 valence electrons. The fourth-order valence-electron chi connectivity index (χ4n) is 2.56. The first-order valence-electron chi connectivity index (χ1n) is 6.70. The molecule has 1 aromatic carbocycles. The Morgan fingerprint density at radius 1 is 1.55 bits per heavy atom. The smallest absolute Gasteiger partial charge is 0.311 e. The number of hydrogen-bond acceptors (Lipinski definition) is 4. The second-order valence-corrected chi connectivity index (χ2v) is 5.64. The summed E-state index contributed by atoms with van der Waals surface area (Å²) in [5.74, 6) is -0.533. The second kappa shape index (κ2) is 5.36. The highest BCUT2D eigenvalue weighted by Crippen LogP contribution is 2.44. The summed E-state index contributed by atoms with van der Waals surface area (Å²) in [6.07, 6.45) is 0.598. The molecule has 2 atom stereocenters. The number of ether oxygens (including phenoxy) is 1. The summed E-state index contributed by atoms with van der Waals surface area (Å²) in [5.41, 5.74) is -0.343. The molecule has 0 bridgehead atoms. The fourth-order valence-corrected chi connectivity index (χ4v) is 2.56. The van der Waals surface area contributed by atoms with E-state index in [4.69, 9.17) is 4.74 Å². The lowest BCUT2D eigenvalue weighted by atomic mass is 9.64. The Balaban J connectivity index is 2.16. The average Bonchev–Trinajstić information content (AvgIpc) is 2.37. The van der Waals surface area contributed by atoms with Crippen LogP contribution >= 0.6 is 0 Å². The number of nitro groups is 1. The molecule has 0 aromatic heterocycles. The van der Waals surface area contributed by atoms with Crippen LogP contribution in [0.1, 0.15) is 27.2 Å². The fraction of sp³-hybridized carbons (Fsp3) is 0.571. The van der Waals surface area contributed by atoms with E-state index in [0.717, 1.165) is 31.2 Å². The molecule has 0 spiro atoms. The van der Waals surface area contributed by atoms with Crippen molar-refractivity contribution < 1.29 is 14.1 Å². The summed E-state index contributed by atoms with van der Waals surface area (Å²) in [7, 11) is 0. The molecule has 0 aliphatic heterocycles. The van der Waals surface area contributed by atoms with Gasteiger partial charge in [0.15, 0.2) is 5.75 Å². The third-order valence-electron chi connectivity index (χ3n) is 4.02. The number of nitrogens with one attached hydrogen (secondary N) is 1. The lowest BCUT2D eigenvalue weighted by molar-refractivity contribution is -0.386. The van der Waals surface area contributed by atoms with E-state index in [2.05, 4.69) is 5.32 Å². The van der Waals surface area contributed by atoms with Gasteiger partial charge in [0.1, 0.15) is 11.9 Å². The van der Waals surface area contributed by atoms with Crippen molar-refractivity contribution in [3.05, 3.63) is 34.1 Å². The van der Waals surface area contributed by atoms with Crippen molar-refractivity contribution in [1.82, 2.24) is 5.32 Å². The number of nitrogens with zero attached hydrogens (tertiary/aromatic N) is 1. The Hall–Kier alpha value is -1.69. The standard InChI is InChI=1S/C14H19FN2O3/c1-4-16-12-8-13(14(12,2)3)20-11-7-9(15)5-6-10(11)17(18)19/h5-7,12-13,16H,4,8H2,1-3H3. The van der Waals surface area contributed by atoms with Crippen LogP contribution in [0.5, 0.6) is 5.75 Å². The zero-order valence-electron chi connectivity index (χ0n) is 11.9. The summed E-state index contributed by atoms with van der Waals surface area (Å²) < 4.78 is 19.0. The van der Waals surface area contributed by atoms with E-state index >= 15 is 0 Å². The maximum absolute atomic E-state index is 13.3. The molecule has 2 unspecified atom stereocenters. The first kappa shape index (κ1) is 14.7. The summed E-state index contributed by atoms with van der Waals surface area (Å²) in [4.78, 5) is 10.4. The molecule has 1 N–H and O–H groups in total. The first-order valence-corrected chi connectivity index (χ1v) is 6.70. The van der Waals surface area contributed by atoms with Gasteiger partial charge in [-0.3, -0.25) is 10.1 Å². The number of nitro benzene ring substituents is 1. The number of benzene rings is 1. The molecule has 20 heavy (non-hydrogen) atoms. The Bertz CT molecular complexity index is 519. The van der Waals surface area contributed by atoms with Crippen molar-refractivity contribution in [1.29, 1.82) is 0 Å². The molecular formula is C14H19FN2O3. The van der Waals surface area contributed by atoms with Crippen molar-refractivity contribution in [3.63, 3.8) is 0 Å². The lowest BCUT2D eigenvalue weighted by Crippen LogP contribution is -2.62. The summed E-state index contributed by atoms with van der Waals surface area (Å²) >= 11 is 0. The molecule has 0 saturated heterocycles. The topological polar surface area (TPSA) is 64.4 Å². The molecule has 0 amide bonds. The van der Waals surface area contributed by atoms with E-state index in [9.17, 15) is 14.5 Å². The predicted octanol–water partition coefficient (Wildman–Crippen LogP) is 2.89. The lowest BCUT2D eigenvalue weighted by Gasteiger charge is -2.51. The molecule has 1 saturated carbocycles. The number of rotatable bonds is 5. The quantitative estimate of drug-likeness (QED) is 0.666. The van der Waals surface area contributed by atoms with E-state index in [1.165, 1.54) is 0 Å². The molecular weight excluding hydrogens is 263 g/mol. The molecule has 0 heterocycles. The maximum Gasteiger partial charge on any atom is 0.311 e. The summed E-state index contributed by atoms with van der Waals surface area (Å²) in [5, 5.41) is 14.3. The summed E-state index contributed by atoms with van der Waals surface area (Å²) in [6.45, 7) is 6.97. The molecule has 1 aliphatic rings. The predicted molar refractivity (Wildman–Crippen MR) is 73.3 cm³/mol. The van der Waals surface area contributed by atoms with Crippen LogP contribution < -0.4 is 10.1 Å². The van der Waals surface area contributed by atoms with Gasteiger partial charge in [0.05, 0.1) is 4.92 Å². The van der Waals surface area contributed by atoms with Crippen LogP contribution in [0.15, 0.2) is 18.2 Å². The molecule has 0 radical (unpaired) electrons. The van der Waals surface area contributed by atoms with Gasteiger partial charge in [0, 0.05) is 30.0 Å². The molecule has 5 nitrogen and oxygen atoms in total. The van der Waals surface area contributed by atoms with E-state index < -0.39 is 10.7 Å². The normalized spacial score (nSPS) is 24.0. The molecule has 1 fully saturated rings. The molecule has 2 rings (SSSR count). The minimum atomic E-state index is -0.553. The number of halogens is 1. The second-order valence-electron chi connectivity index (χ2n) is 5.64. The SMILES string of the molecule is CCNC1CC(Oc2cc(F)ccc2[N+](=O)[O-])C1(C)C. The molecule has 1 aromatic rings. The van der Waals surface area contributed by atoms with E-state index in [0.29, 0.717) is 6.04 Å². The van der Waals surface area contributed by atoms with Gasteiger partial charge in [-0.1, -0.05) is 20.8 Å². The van der Waals surface area contributed by atoms with Crippen LogP contribution in [0, 0.1) is 21.3 Å². The van der Waals surface area contributed by atoms with Gasteiger partial charge in [-0.2, -0.15) is 0 Å². The van der Waals surface area contributed by atoms with Crippen LogP contribution in [-0.2, 0) is 0 Å². The van der Waals surface area contributed by atoms with E-state index in [1.54, 1.807) is 0 Å². The third-order valence-corrected chi connectivity index (χ3v) is 4.02. The van der Waals surface area contributed by atoms with Crippen LogP contribution in [0.25, 0.3) is 0 Å². The first-order chi connectivity index (χ1) is 9.36. The minimum Gasteiger partial charge on any atom is -0.483 e. The van der Waals surface area contributed by atoms with Gasteiger partial charge in [-0.15, -0.1) is 0 Å². The average molecular weight is 282 g/mol. The largest absolute Gasteiger partial charge is 0.483 e. The van der Waals surface area contributed by atoms with Crippen molar-refractivity contribution in [3.8, 4) is 5.75 Å². The van der Waals surface area contributed by atoms with Crippen molar-refractivity contribution in [2.45, 2.75) is 39.3 Å². The minimum absolute atomic E-state index is 0.00280. The van der Waals surface area contributed by atoms with Gasteiger partial charge in [-0.05, 0) is 12.6 Å². The monoisotopic (exact) mass is 282 g/mol. The van der Waals surface area contributed by atoms with Gasteiger partial charge >= 0.3 is 5.69 Å². The number of hydrogen-bond donors (Lipinski definition) is 1. The maximum atomic E-state index is 13.3.